The largest absolute Gasteiger partial charge is 0.356 e. The van der Waals surface area contributed by atoms with Crippen molar-refractivity contribution in [2.24, 2.45) is 0 Å². The lowest BCUT2D eigenvalue weighted by Crippen LogP contribution is -2.38. The summed E-state index contributed by atoms with van der Waals surface area (Å²) in [6.45, 7) is 9.38. The highest BCUT2D eigenvalue weighted by Gasteiger charge is 2.23. The van der Waals surface area contributed by atoms with Gasteiger partial charge in [-0.25, -0.2) is 0 Å². The molecule has 0 aliphatic carbocycles. The van der Waals surface area contributed by atoms with Gasteiger partial charge in [-0.3, -0.25) is 0 Å². The third-order valence-electron chi connectivity index (χ3n) is 6.12. The number of nitrogens with zero attached hydrogens (tertiary/aromatic N) is 2. The van der Waals surface area contributed by atoms with E-state index < -0.39 is 0 Å². The summed E-state index contributed by atoms with van der Waals surface area (Å²) in [5, 5.41) is 0. The zero-order valence-corrected chi connectivity index (χ0v) is 19.1. The van der Waals surface area contributed by atoms with Gasteiger partial charge < -0.3 is 9.80 Å². The smallest absolute Gasteiger partial charge is 0.100 e. The monoisotopic (exact) mass is 378 g/mol. The normalized spacial score (nSPS) is 16.6. The molecule has 0 spiro atoms. The summed E-state index contributed by atoms with van der Waals surface area (Å²) in [5.41, 5.74) is 0. The summed E-state index contributed by atoms with van der Waals surface area (Å²) in [5.74, 6) is 0. The summed E-state index contributed by atoms with van der Waals surface area (Å²) < 4.78 is 0. The molecule has 27 heavy (non-hydrogen) atoms. The Morgan fingerprint density at radius 2 is 0.852 bits per heavy atom. The zero-order chi connectivity index (χ0) is 19.6. The van der Waals surface area contributed by atoms with Crippen molar-refractivity contribution in [3.05, 3.63) is 12.4 Å². The lowest BCUT2D eigenvalue weighted by molar-refractivity contribution is 0.144. The summed E-state index contributed by atoms with van der Waals surface area (Å²) in [6.07, 6.45) is 29.3. The molecule has 1 heterocycles. The first-order chi connectivity index (χ1) is 13.3. The fourth-order valence-corrected chi connectivity index (χ4v) is 4.31. The first-order valence-corrected chi connectivity index (χ1v) is 12.5. The van der Waals surface area contributed by atoms with Crippen LogP contribution in [0.15, 0.2) is 12.4 Å². The Hall–Kier alpha value is -0.660. The van der Waals surface area contributed by atoms with E-state index in [2.05, 4.69) is 43.0 Å². The predicted octanol–water partition coefficient (Wildman–Crippen LogP) is 8.09. The average Bonchev–Trinajstić information content (AvgIpc) is 3.08. The third-order valence-corrected chi connectivity index (χ3v) is 6.12. The van der Waals surface area contributed by atoms with Gasteiger partial charge in [-0.2, -0.15) is 0 Å². The number of hydrogen-bond acceptors (Lipinski definition) is 2. The lowest BCUT2D eigenvalue weighted by atomic mass is 10.0. The van der Waals surface area contributed by atoms with Crippen LogP contribution in [0.4, 0.5) is 0 Å². The van der Waals surface area contributed by atoms with Gasteiger partial charge in [-0.15, -0.1) is 0 Å². The van der Waals surface area contributed by atoms with Crippen LogP contribution < -0.4 is 0 Å². The van der Waals surface area contributed by atoms with Gasteiger partial charge in [0.1, 0.15) is 6.17 Å². The quantitative estimate of drug-likeness (QED) is 0.209. The maximum Gasteiger partial charge on any atom is 0.100 e. The van der Waals surface area contributed by atoms with Crippen molar-refractivity contribution >= 4 is 0 Å². The van der Waals surface area contributed by atoms with Crippen LogP contribution in [-0.4, -0.2) is 29.1 Å². The SMILES string of the molecule is CCCCCCCCCCCCCCCCN1C=CN(CCCC)C1CC. The number of hydrogen-bond donors (Lipinski definition) is 0. The second-order valence-electron chi connectivity index (χ2n) is 8.61. The van der Waals surface area contributed by atoms with Crippen LogP contribution >= 0.6 is 0 Å². The van der Waals surface area contributed by atoms with Gasteiger partial charge in [-0.05, 0) is 19.3 Å². The first kappa shape index (κ1) is 24.4. The van der Waals surface area contributed by atoms with Crippen molar-refractivity contribution in [2.45, 2.75) is 136 Å². The van der Waals surface area contributed by atoms with Gasteiger partial charge >= 0.3 is 0 Å². The van der Waals surface area contributed by atoms with Gasteiger partial charge in [0.15, 0.2) is 0 Å². The van der Waals surface area contributed by atoms with Gasteiger partial charge in [0.25, 0.3) is 0 Å². The van der Waals surface area contributed by atoms with Crippen LogP contribution in [0.1, 0.15) is 130 Å². The van der Waals surface area contributed by atoms with Gasteiger partial charge in [-0.1, -0.05) is 111 Å². The molecule has 0 amide bonds. The highest BCUT2D eigenvalue weighted by Crippen LogP contribution is 2.20. The number of rotatable bonds is 19. The van der Waals surface area contributed by atoms with Crippen molar-refractivity contribution in [1.82, 2.24) is 9.80 Å². The molecule has 0 aromatic rings. The third kappa shape index (κ3) is 11.7. The first-order valence-electron chi connectivity index (χ1n) is 12.5. The molecule has 1 unspecified atom stereocenters. The van der Waals surface area contributed by atoms with Crippen LogP contribution in [0.2, 0.25) is 0 Å². The summed E-state index contributed by atoms with van der Waals surface area (Å²) in [4.78, 5) is 5.13. The Balaban J connectivity index is 1.88. The Morgan fingerprint density at radius 1 is 0.481 bits per heavy atom. The van der Waals surface area contributed by atoms with E-state index in [-0.39, 0.29) is 0 Å². The Morgan fingerprint density at radius 3 is 1.26 bits per heavy atom. The molecule has 160 valence electrons. The summed E-state index contributed by atoms with van der Waals surface area (Å²) >= 11 is 0. The maximum absolute atomic E-state index is 2.58. The van der Waals surface area contributed by atoms with E-state index >= 15 is 0 Å². The Labute approximate surface area is 171 Å². The molecule has 0 saturated carbocycles. The van der Waals surface area contributed by atoms with Crippen LogP contribution in [-0.2, 0) is 0 Å². The predicted molar refractivity (Wildman–Crippen MR) is 122 cm³/mol. The van der Waals surface area contributed by atoms with Gasteiger partial charge in [0, 0.05) is 25.5 Å². The van der Waals surface area contributed by atoms with Crippen molar-refractivity contribution in [3.8, 4) is 0 Å². The van der Waals surface area contributed by atoms with Crippen LogP contribution in [0.3, 0.4) is 0 Å². The van der Waals surface area contributed by atoms with E-state index in [0.29, 0.717) is 6.17 Å². The van der Waals surface area contributed by atoms with E-state index in [1.54, 1.807) is 0 Å². The molecule has 1 aliphatic heterocycles. The second-order valence-corrected chi connectivity index (χ2v) is 8.61. The van der Waals surface area contributed by atoms with Crippen LogP contribution in [0, 0.1) is 0 Å². The molecule has 0 bridgehead atoms. The topological polar surface area (TPSA) is 6.48 Å². The molecule has 0 fully saturated rings. The molecule has 2 heteroatoms. The van der Waals surface area contributed by atoms with E-state index in [1.807, 2.05) is 0 Å². The minimum atomic E-state index is 0.624. The van der Waals surface area contributed by atoms with Crippen molar-refractivity contribution in [2.75, 3.05) is 13.1 Å². The van der Waals surface area contributed by atoms with E-state index in [1.165, 1.54) is 122 Å². The fourth-order valence-electron chi connectivity index (χ4n) is 4.31. The van der Waals surface area contributed by atoms with Gasteiger partial charge in [0.05, 0.1) is 0 Å². The number of unbranched alkanes of at least 4 members (excludes halogenated alkanes) is 14. The fraction of sp³-hybridized carbons (Fsp3) is 0.920. The summed E-state index contributed by atoms with van der Waals surface area (Å²) in [7, 11) is 0. The van der Waals surface area contributed by atoms with Crippen molar-refractivity contribution in [3.63, 3.8) is 0 Å². The standard InChI is InChI=1S/C25H50N2/c1-4-7-9-10-11-12-13-14-15-16-17-18-19-20-22-27-24-23-26(21-8-5-2)25(27)6-3/h23-25H,4-22H2,1-3H3. The highest BCUT2D eigenvalue weighted by atomic mass is 15.4. The minimum Gasteiger partial charge on any atom is -0.356 e. The molecule has 2 nitrogen and oxygen atoms in total. The average molecular weight is 379 g/mol. The Kier molecular flexibility index (Phi) is 15.7. The zero-order valence-electron chi connectivity index (χ0n) is 19.1. The van der Waals surface area contributed by atoms with E-state index in [4.69, 9.17) is 0 Å². The summed E-state index contributed by atoms with van der Waals surface area (Å²) in [6, 6.07) is 0. The molecular weight excluding hydrogens is 328 g/mol. The molecule has 0 aromatic heterocycles. The molecule has 0 saturated heterocycles. The maximum atomic E-state index is 2.58. The molecule has 1 aliphatic rings. The molecule has 1 atom stereocenters. The highest BCUT2D eigenvalue weighted by molar-refractivity contribution is 4.96. The van der Waals surface area contributed by atoms with Crippen LogP contribution in [0.5, 0.6) is 0 Å². The molecule has 0 aromatic carbocycles. The lowest BCUT2D eigenvalue weighted by Gasteiger charge is -2.32. The molecule has 0 radical (unpaired) electrons. The second kappa shape index (κ2) is 17.4. The van der Waals surface area contributed by atoms with E-state index in [0.717, 1.165) is 0 Å². The molecular formula is C25H50N2. The van der Waals surface area contributed by atoms with Gasteiger partial charge in [0.2, 0.25) is 0 Å². The van der Waals surface area contributed by atoms with Crippen LogP contribution in [0.25, 0.3) is 0 Å². The minimum absolute atomic E-state index is 0.624. The molecule has 1 rings (SSSR count). The van der Waals surface area contributed by atoms with E-state index in [9.17, 15) is 0 Å². The van der Waals surface area contributed by atoms with Crippen molar-refractivity contribution < 1.29 is 0 Å². The van der Waals surface area contributed by atoms with Crippen molar-refractivity contribution in [1.29, 1.82) is 0 Å². The Bertz CT molecular complexity index is 339. The molecule has 0 N–H and O–H groups in total.